The third kappa shape index (κ3) is 3.37. The van der Waals surface area contributed by atoms with Gasteiger partial charge in [0.15, 0.2) is 3.95 Å². The molecule has 0 N–H and O–H groups in total. The zero-order chi connectivity index (χ0) is 16.4. The van der Waals surface area contributed by atoms with Crippen molar-refractivity contribution in [3.8, 4) is 11.6 Å². The van der Waals surface area contributed by atoms with Gasteiger partial charge in [0.05, 0.1) is 21.7 Å². The van der Waals surface area contributed by atoms with Crippen molar-refractivity contribution in [2.24, 2.45) is 0 Å². The average molecular weight is 362 g/mol. The summed E-state index contributed by atoms with van der Waals surface area (Å²) in [5, 5.41) is 2.08. The molecule has 0 radical (unpaired) electrons. The van der Waals surface area contributed by atoms with Crippen molar-refractivity contribution in [2.75, 3.05) is 0 Å². The van der Waals surface area contributed by atoms with E-state index in [1.54, 1.807) is 34.2 Å². The molecule has 23 heavy (non-hydrogen) atoms. The van der Waals surface area contributed by atoms with Crippen LogP contribution in [0.2, 0.25) is 5.02 Å². The largest absolute Gasteiger partial charge is 0.404 e. The molecule has 0 atom stereocenters. The van der Waals surface area contributed by atoms with E-state index in [4.69, 9.17) is 28.6 Å². The number of thiazole rings is 1. The third-order valence-electron chi connectivity index (χ3n) is 3.21. The van der Waals surface area contributed by atoms with Gasteiger partial charge in [-0.1, -0.05) is 35.9 Å². The summed E-state index contributed by atoms with van der Waals surface area (Å²) in [4.78, 5) is 12.3. The van der Waals surface area contributed by atoms with Gasteiger partial charge in [0.1, 0.15) is 0 Å². The number of benzene rings is 2. The molecule has 0 spiro atoms. The Labute approximate surface area is 147 Å². The second-order valence-corrected chi connectivity index (χ2v) is 6.79. The quantitative estimate of drug-likeness (QED) is 0.459. The Morgan fingerprint density at radius 1 is 1.22 bits per heavy atom. The number of hydrogen-bond acceptors (Lipinski definition) is 4. The van der Waals surface area contributed by atoms with Crippen molar-refractivity contribution in [3.05, 3.63) is 74.0 Å². The summed E-state index contributed by atoms with van der Waals surface area (Å²) in [7, 11) is 0. The van der Waals surface area contributed by atoms with Gasteiger partial charge >= 0.3 is 5.97 Å². The second kappa shape index (κ2) is 6.66. The monoisotopic (exact) mass is 361 g/mol. The smallest absolute Gasteiger partial charge is 0.346 e. The molecule has 0 aliphatic carbocycles. The highest BCUT2D eigenvalue weighted by Crippen LogP contribution is 2.26. The fraction of sp³-hybridized carbons (Fsp3) is 0.0588. The summed E-state index contributed by atoms with van der Waals surface area (Å²) >= 11 is 12.7. The summed E-state index contributed by atoms with van der Waals surface area (Å²) < 4.78 is 7.86. The maximum Gasteiger partial charge on any atom is 0.346 e. The van der Waals surface area contributed by atoms with Gasteiger partial charge in [-0.3, -0.25) is 4.57 Å². The van der Waals surface area contributed by atoms with Crippen LogP contribution in [-0.2, 0) is 0 Å². The first kappa shape index (κ1) is 15.9. The van der Waals surface area contributed by atoms with Crippen LogP contribution in [-0.4, -0.2) is 10.5 Å². The first-order valence-electron chi connectivity index (χ1n) is 6.80. The van der Waals surface area contributed by atoms with Crippen molar-refractivity contribution in [1.29, 1.82) is 0 Å². The normalized spacial score (nSPS) is 10.5. The van der Waals surface area contributed by atoms with Crippen LogP contribution in [0.5, 0.6) is 5.88 Å². The summed E-state index contributed by atoms with van der Waals surface area (Å²) in [6, 6.07) is 14.6. The number of halogens is 1. The van der Waals surface area contributed by atoms with Crippen LogP contribution < -0.4 is 4.74 Å². The van der Waals surface area contributed by atoms with Crippen LogP contribution >= 0.6 is 35.2 Å². The van der Waals surface area contributed by atoms with Gasteiger partial charge in [-0.2, -0.15) is 0 Å². The maximum absolute atomic E-state index is 12.3. The van der Waals surface area contributed by atoms with E-state index in [1.165, 1.54) is 11.3 Å². The van der Waals surface area contributed by atoms with Gasteiger partial charge in [-0.05, 0) is 49.0 Å². The van der Waals surface area contributed by atoms with Crippen LogP contribution in [0.4, 0.5) is 0 Å². The van der Waals surface area contributed by atoms with Crippen molar-refractivity contribution in [2.45, 2.75) is 6.92 Å². The number of aryl methyl sites for hydroxylation is 1. The lowest BCUT2D eigenvalue weighted by atomic mass is 10.2. The predicted octanol–water partition coefficient (Wildman–Crippen LogP) is 5.45. The number of carbonyl (C=O) groups excluding carboxylic acids is 1. The molecular weight excluding hydrogens is 350 g/mol. The predicted molar refractivity (Wildman–Crippen MR) is 95.6 cm³/mol. The summed E-state index contributed by atoms with van der Waals surface area (Å²) in [5.41, 5.74) is 2.28. The summed E-state index contributed by atoms with van der Waals surface area (Å²) in [5.74, 6) is -0.125. The Kier molecular flexibility index (Phi) is 4.61. The topological polar surface area (TPSA) is 31.2 Å². The van der Waals surface area contributed by atoms with E-state index >= 15 is 0 Å². The molecule has 1 aromatic heterocycles. The highest BCUT2D eigenvalue weighted by atomic mass is 35.5. The molecule has 3 nitrogen and oxygen atoms in total. The molecule has 2 aromatic carbocycles. The van der Waals surface area contributed by atoms with E-state index < -0.39 is 5.97 Å². The van der Waals surface area contributed by atoms with Crippen LogP contribution in [0.3, 0.4) is 0 Å². The standard InChI is InChI=1S/C17H12ClNO2S2/c1-11-5-4-6-12(9-11)19-15(10-23-17(19)22)21-16(20)13-7-2-3-8-14(13)18/h2-10H,1H3. The Morgan fingerprint density at radius 3 is 2.74 bits per heavy atom. The van der Waals surface area contributed by atoms with Crippen LogP contribution in [0, 0.1) is 10.9 Å². The molecular formula is C17H12ClNO2S2. The van der Waals surface area contributed by atoms with Crippen LogP contribution in [0.25, 0.3) is 5.69 Å². The fourth-order valence-electron chi connectivity index (χ4n) is 2.14. The third-order valence-corrected chi connectivity index (χ3v) is 4.72. The van der Waals surface area contributed by atoms with Gasteiger partial charge in [0, 0.05) is 0 Å². The number of carbonyl (C=O) groups is 1. The molecule has 0 saturated heterocycles. The molecule has 0 saturated carbocycles. The number of ether oxygens (including phenoxy) is 1. The Bertz CT molecular complexity index is 930. The second-order valence-electron chi connectivity index (χ2n) is 4.88. The van der Waals surface area contributed by atoms with Gasteiger partial charge in [-0.15, -0.1) is 11.3 Å². The highest BCUT2D eigenvalue weighted by Gasteiger charge is 2.16. The molecule has 0 fully saturated rings. The van der Waals surface area contributed by atoms with Crippen LogP contribution in [0.15, 0.2) is 53.9 Å². The van der Waals surface area contributed by atoms with Crippen molar-refractivity contribution in [1.82, 2.24) is 4.57 Å². The summed E-state index contributed by atoms with van der Waals surface area (Å²) in [6.07, 6.45) is 0. The molecule has 0 unspecified atom stereocenters. The van der Waals surface area contributed by atoms with E-state index in [0.29, 0.717) is 20.4 Å². The van der Waals surface area contributed by atoms with E-state index in [-0.39, 0.29) is 0 Å². The minimum atomic E-state index is -0.509. The zero-order valence-corrected chi connectivity index (χ0v) is 14.5. The van der Waals surface area contributed by atoms with E-state index in [9.17, 15) is 4.79 Å². The van der Waals surface area contributed by atoms with Crippen LogP contribution in [0.1, 0.15) is 15.9 Å². The Morgan fingerprint density at radius 2 is 2.00 bits per heavy atom. The van der Waals surface area contributed by atoms with Crippen molar-refractivity contribution < 1.29 is 9.53 Å². The molecule has 0 amide bonds. The molecule has 0 aliphatic rings. The lowest BCUT2D eigenvalue weighted by Gasteiger charge is -2.10. The molecule has 6 heteroatoms. The van der Waals surface area contributed by atoms with E-state index in [0.717, 1.165) is 11.3 Å². The van der Waals surface area contributed by atoms with Gasteiger partial charge in [0.25, 0.3) is 0 Å². The Balaban J connectivity index is 1.98. The van der Waals surface area contributed by atoms with Gasteiger partial charge < -0.3 is 4.74 Å². The highest BCUT2D eigenvalue weighted by molar-refractivity contribution is 7.73. The molecule has 3 aromatic rings. The molecule has 0 aliphatic heterocycles. The number of esters is 1. The minimum absolute atomic E-state index is 0.321. The average Bonchev–Trinajstić information content (AvgIpc) is 2.88. The molecule has 0 bridgehead atoms. The number of rotatable bonds is 3. The first-order chi connectivity index (χ1) is 11.1. The SMILES string of the molecule is Cc1cccc(-n2c(OC(=O)c3ccccc3Cl)csc2=S)c1. The lowest BCUT2D eigenvalue weighted by Crippen LogP contribution is -2.11. The Hall–Kier alpha value is -1.95. The summed E-state index contributed by atoms with van der Waals surface area (Å²) in [6.45, 7) is 1.99. The van der Waals surface area contributed by atoms with Crippen molar-refractivity contribution in [3.63, 3.8) is 0 Å². The van der Waals surface area contributed by atoms with Crippen molar-refractivity contribution >= 4 is 41.1 Å². The number of hydrogen-bond donors (Lipinski definition) is 0. The van der Waals surface area contributed by atoms with Gasteiger partial charge in [-0.25, -0.2) is 4.79 Å². The zero-order valence-electron chi connectivity index (χ0n) is 12.2. The number of aromatic nitrogens is 1. The first-order valence-corrected chi connectivity index (χ1v) is 8.47. The molecule has 1 heterocycles. The fourth-order valence-corrected chi connectivity index (χ4v) is 3.35. The van der Waals surface area contributed by atoms with E-state index in [1.807, 2.05) is 31.2 Å². The maximum atomic E-state index is 12.3. The molecule has 116 valence electrons. The minimum Gasteiger partial charge on any atom is -0.404 e. The number of nitrogens with zero attached hydrogens (tertiary/aromatic N) is 1. The van der Waals surface area contributed by atoms with E-state index in [2.05, 4.69) is 0 Å². The van der Waals surface area contributed by atoms with Gasteiger partial charge in [0.2, 0.25) is 5.88 Å². The molecule has 3 rings (SSSR count). The lowest BCUT2D eigenvalue weighted by molar-refractivity contribution is 0.0725.